The van der Waals surface area contributed by atoms with Gasteiger partial charge < -0.3 is 20.5 Å². The molecule has 0 unspecified atom stereocenters. The highest BCUT2D eigenvalue weighted by molar-refractivity contribution is 6.04. The summed E-state index contributed by atoms with van der Waals surface area (Å²) in [6.07, 6.45) is 1.43. The van der Waals surface area contributed by atoms with Gasteiger partial charge >= 0.3 is 6.18 Å². The van der Waals surface area contributed by atoms with Crippen LogP contribution in [0.1, 0.15) is 41.6 Å². The zero-order chi connectivity index (χ0) is 23.2. The first-order valence-corrected chi connectivity index (χ1v) is 11.4. The molecule has 0 radical (unpaired) electrons. The van der Waals surface area contributed by atoms with Crippen LogP contribution in [-0.2, 0) is 6.18 Å². The number of amides is 1. The Morgan fingerprint density at radius 3 is 2.39 bits per heavy atom. The molecule has 3 heterocycles. The average molecular weight is 457 g/mol. The number of H-pyrrole nitrogens is 1. The van der Waals surface area contributed by atoms with E-state index < -0.39 is 17.6 Å². The Bertz CT molecular complexity index is 1170. The van der Waals surface area contributed by atoms with Gasteiger partial charge in [0, 0.05) is 47.7 Å². The molecule has 1 amide bonds. The standard InChI is InChI=1S/C25H27F3N4O/c26-25(27,28)18-14-20(24(29)33)23(17-3-4-21-16(13-17)5-8-30-21)22(15-18)32-11-6-19(7-12-32)31-9-1-2-10-31/h3-5,8,13-15,19,30H,1-2,6-7,9-12H2,(H2,29,33). The van der Waals surface area contributed by atoms with E-state index in [9.17, 15) is 18.0 Å². The Kier molecular flexibility index (Phi) is 5.56. The molecule has 0 bridgehead atoms. The molecule has 0 atom stereocenters. The maximum Gasteiger partial charge on any atom is 0.416 e. The summed E-state index contributed by atoms with van der Waals surface area (Å²) < 4.78 is 41.3. The molecule has 0 aliphatic carbocycles. The predicted molar refractivity (Wildman–Crippen MR) is 123 cm³/mol. The molecule has 0 saturated carbocycles. The number of aromatic nitrogens is 1. The van der Waals surface area contributed by atoms with E-state index in [1.807, 2.05) is 29.2 Å². The summed E-state index contributed by atoms with van der Waals surface area (Å²) in [5.41, 5.74) is 7.17. The first kappa shape index (κ1) is 21.8. The average Bonchev–Trinajstić information content (AvgIpc) is 3.49. The number of anilines is 1. The smallest absolute Gasteiger partial charge is 0.371 e. The number of halogens is 3. The minimum atomic E-state index is -4.57. The summed E-state index contributed by atoms with van der Waals surface area (Å²) in [4.78, 5) is 20.0. The number of fused-ring (bicyclic) bond motifs is 1. The van der Waals surface area contributed by atoms with E-state index in [4.69, 9.17) is 5.73 Å². The molecule has 3 N–H and O–H groups in total. The summed E-state index contributed by atoms with van der Waals surface area (Å²) in [7, 11) is 0. The second-order valence-corrected chi connectivity index (χ2v) is 9.02. The van der Waals surface area contributed by atoms with Crippen LogP contribution in [0.15, 0.2) is 42.6 Å². The number of hydrogen-bond acceptors (Lipinski definition) is 3. The van der Waals surface area contributed by atoms with Crippen LogP contribution in [0.5, 0.6) is 0 Å². The third-order valence-corrected chi connectivity index (χ3v) is 7.01. The summed E-state index contributed by atoms with van der Waals surface area (Å²) in [5.74, 6) is -0.863. The van der Waals surface area contributed by atoms with Gasteiger partial charge in [0.05, 0.1) is 5.56 Å². The fourth-order valence-corrected chi connectivity index (χ4v) is 5.33. The molecule has 1 aromatic heterocycles. The highest BCUT2D eigenvalue weighted by atomic mass is 19.4. The summed E-state index contributed by atoms with van der Waals surface area (Å²) in [6, 6.07) is 10.0. The van der Waals surface area contributed by atoms with Gasteiger partial charge in [0.2, 0.25) is 5.91 Å². The lowest BCUT2D eigenvalue weighted by Crippen LogP contribution is -2.44. The van der Waals surface area contributed by atoms with Gasteiger partial charge in [-0.2, -0.15) is 13.2 Å². The number of aromatic amines is 1. The molecule has 0 spiro atoms. The van der Waals surface area contributed by atoms with E-state index in [1.165, 1.54) is 18.9 Å². The van der Waals surface area contributed by atoms with Gasteiger partial charge in [0.15, 0.2) is 0 Å². The highest BCUT2D eigenvalue weighted by Crippen LogP contribution is 2.42. The zero-order valence-corrected chi connectivity index (χ0v) is 18.3. The van der Waals surface area contributed by atoms with E-state index in [0.29, 0.717) is 35.9 Å². The topological polar surface area (TPSA) is 65.4 Å². The van der Waals surface area contributed by atoms with Gasteiger partial charge in [-0.3, -0.25) is 4.79 Å². The van der Waals surface area contributed by atoms with Gasteiger partial charge in [-0.15, -0.1) is 0 Å². The zero-order valence-electron chi connectivity index (χ0n) is 18.3. The number of piperidine rings is 1. The lowest BCUT2D eigenvalue weighted by Gasteiger charge is -2.39. The van der Waals surface area contributed by atoms with Gasteiger partial charge in [-0.25, -0.2) is 0 Å². The lowest BCUT2D eigenvalue weighted by atomic mass is 9.92. The molecule has 2 aliphatic rings. The molecule has 2 saturated heterocycles. The lowest BCUT2D eigenvalue weighted by molar-refractivity contribution is -0.137. The summed E-state index contributed by atoms with van der Waals surface area (Å²) in [5, 5.41) is 0.918. The Morgan fingerprint density at radius 1 is 1.00 bits per heavy atom. The molecular formula is C25H27F3N4O. The second kappa shape index (κ2) is 8.41. The minimum Gasteiger partial charge on any atom is -0.371 e. The number of rotatable bonds is 4. The SMILES string of the molecule is NC(=O)c1cc(C(F)(F)F)cc(N2CCC(N3CCCC3)CC2)c1-c1ccc2[nH]ccc2c1. The first-order chi connectivity index (χ1) is 15.8. The maximum atomic E-state index is 13.8. The van der Waals surface area contributed by atoms with Crippen molar-refractivity contribution in [3.05, 3.63) is 53.7 Å². The minimum absolute atomic E-state index is 0.101. The van der Waals surface area contributed by atoms with Gasteiger partial charge in [-0.05, 0) is 80.1 Å². The van der Waals surface area contributed by atoms with E-state index in [2.05, 4.69) is 9.88 Å². The van der Waals surface area contributed by atoms with Crippen LogP contribution in [0.4, 0.5) is 18.9 Å². The molecule has 33 heavy (non-hydrogen) atoms. The molecule has 2 aliphatic heterocycles. The molecule has 3 aromatic rings. The molecule has 8 heteroatoms. The third kappa shape index (κ3) is 4.19. The quantitative estimate of drug-likeness (QED) is 0.580. The summed E-state index contributed by atoms with van der Waals surface area (Å²) >= 11 is 0. The van der Waals surface area contributed by atoms with Crippen LogP contribution in [0.3, 0.4) is 0 Å². The van der Waals surface area contributed by atoms with Crippen molar-refractivity contribution in [2.24, 2.45) is 5.73 Å². The summed E-state index contributed by atoms with van der Waals surface area (Å²) in [6.45, 7) is 3.48. The number of nitrogens with one attached hydrogen (secondary N) is 1. The van der Waals surface area contributed by atoms with Gasteiger partial charge in [0.25, 0.3) is 0 Å². The van der Waals surface area contributed by atoms with Crippen LogP contribution in [-0.4, -0.2) is 48.0 Å². The monoisotopic (exact) mass is 456 g/mol. The van der Waals surface area contributed by atoms with Crippen LogP contribution in [0.2, 0.25) is 0 Å². The maximum absolute atomic E-state index is 13.8. The number of likely N-dealkylation sites (tertiary alicyclic amines) is 1. The van der Waals surface area contributed by atoms with Crippen molar-refractivity contribution in [1.82, 2.24) is 9.88 Å². The number of nitrogens with zero attached hydrogens (tertiary/aromatic N) is 2. The van der Waals surface area contributed by atoms with E-state index in [-0.39, 0.29) is 5.56 Å². The molecule has 174 valence electrons. The molecule has 2 fully saturated rings. The van der Waals surface area contributed by atoms with Crippen LogP contribution in [0, 0.1) is 0 Å². The number of carbonyl (C=O) groups excluding carboxylic acids is 1. The van der Waals surface area contributed by atoms with Gasteiger partial charge in [-0.1, -0.05) is 6.07 Å². The van der Waals surface area contributed by atoms with Crippen molar-refractivity contribution in [1.29, 1.82) is 0 Å². The Morgan fingerprint density at radius 2 is 1.73 bits per heavy atom. The van der Waals surface area contributed by atoms with Crippen molar-refractivity contribution in [2.45, 2.75) is 37.9 Å². The van der Waals surface area contributed by atoms with Crippen molar-refractivity contribution >= 4 is 22.5 Å². The number of benzene rings is 2. The number of carbonyl (C=O) groups is 1. The van der Waals surface area contributed by atoms with Gasteiger partial charge in [0.1, 0.15) is 0 Å². The molecular weight excluding hydrogens is 429 g/mol. The van der Waals surface area contributed by atoms with E-state index in [1.54, 1.807) is 6.20 Å². The largest absolute Gasteiger partial charge is 0.416 e. The fourth-order valence-electron chi connectivity index (χ4n) is 5.33. The normalized spacial score (nSPS) is 18.3. The Labute approximate surface area is 190 Å². The molecule has 5 nitrogen and oxygen atoms in total. The second-order valence-electron chi connectivity index (χ2n) is 9.02. The Hall–Kier alpha value is -3.00. The van der Waals surface area contributed by atoms with Crippen molar-refractivity contribution in [3.8, 4) is 11.1 Å². The highest BCUT2D eigenvalue weighted by Gasteiger charge is 2.35. The van der Waals surface area contributed by atoms with Crippen molar-refractivity contribution in [2.75, 3.05) is 31.1 Å². The third-order valence-electron chi connectivity index (χ3n) is 7.01. The van der Waals surface area contributed by atoms with Crippen molar-refractivity contribution < 1.29 is 18.0 Å². The number of nitrogens with two attached hydrogens (primary N) is 1. The number of alkyl halides is 3. The first-order valence-electron chi connectivity index (χ1n) is 11.4. The fraction of sp³-hybridized carbons (Fsp3) is 0.400. The number of primary amides is 1. The van der Waals surface area contributed by atoms with Crippen LogP contribution in [0.25, 0.3) is 22.0 Å². The number of hydrogen-bond donors (Lipinski definition) is 2. The Balaban J connectivity index is 1.60. The van der Waals surface area contributed by atoms with Crippen LogP contribution >= 0.6 is 0 Å². The van der Waals surface area contributed by atoms with Crippen molar-refractivity contribution in [3.63, 3.8) is 0 Å². The molecule has 2 aromatic carbocycles. The van der Waals surface area contributed by atoms with Crippen LogP contribution < -0.4 is 10.6 Å². The molecule has 5 rings (SSSR count). The predicted octanol–water partition coefficient (Wildman–Crippen LogP) is 5.02. The van der Waals surface area contributed by atoms with E-state index in [0.717, 1.165) is 42.9 Å². The van der Waals surface area contributed by atoms with E-state index >= 15 is 0 Å².